The number of aryl methyl sites for hydroxylation is 1. The standard InChI is InChI=1S/C14H25NO3/c1-4-16-14(17-5-2)7-6-10-15-11-13-9-8-12(3)18-13/h8-9,14-15H,4-7,10-11H2,1-3H3. The molecule has 104 valence electrons. The smallest absolute Gasteiger partial charge is 0.157 e. The van der Waals surface area contributed by atoms with Gasteiger partial charge in [-0.15, -0.1) is 0 Å². The van der Waals surface area contributed by atoms with Crippen LogP contribution < -0.4 is 5.32 Å². The van der Waals surface area contributed by atoms with Gasteiger partial charge in [-0.25, -0.2) is 0 Å². The van der Waals surface area contributed by atoms with E-state index in [1.54, 1.807) is 0 Å². The Morgan fingerprint density at radius 3 is 2.50 bits per heavy atom. The average molecular weight is 255 g/mol. The molecule has 0 unspecified atom stereocenters. The molecule has 18 heavy (non-hydrogen) atoms. The third-order valence-electron chi connectivity index (χ3n) is 2.59. The zero-order valence-electron chi connectivity index (χ0n) is 11.7. The zero-order valence-corrected chi connectivity index (χ0v) is 11.7. The SMILES string of the molecule is CCOC(CCCNCc1ccc(C)o1)OCC. The summed E-state index contributed by atoms with van der Waals surface area (Å²) in [6.07, 6.45) is 1.89. The molecule has 1 aromatic rings. The van der Waals surface area contributed by atoms with Crippen LogP contribution in [-0.2, 0) is 16.0 Å². The van der Waals surface area contributed by atoms with Crippen molar-refractivity contribution in [3.63, 3.8) is 0 Å². The van der Waals surface area contributed by atoms with E-state index in [0.29, 0.717) is 13.2 Å². The Balaban J connectivity index is 2.06. The molecule has 1 rings (SSSR count). The van der Waals surface area contributed by atoms with Gasteiger partial charge in [-0.05, 0) is 52.3 Å². The van der Waals surface area contributed by atoms with E-state index in [9.17, 15) is 0 Å². The van der Waals surface area contributed by atoms with Gasteiger partial charge in [0, 0.05) is 13.2 Å². The topological polar surface area (TPSA) is 43.6 Å². The molecular weight excluding hydrogens is 230 g/mol. The zero-order chi connectivity index (χ0) is 13.2. The van der Waals surface area contributed by atoms with Gasteiger partial charge >= 0.3 is 0 Å². The summed E-state index contributed by atoms with van der Waals surface area (Å²) >= 11 is 0. The summed E-state index contributed by atoms with van der Waals surface area (Å²) in [5, 5.41) is 3.35. The van der Waals surface area contributed by atoms with E-state index in [1.165, 1.54) is 0 Å². The second-order valence-electron chi connectivity index (χ2n) is 4.17. The molecule has 1 N–H and O–H groups in total. The molecule has 0 amide bonds. The number of hydrogen-bond acceptors (Lipinski definition) is 4. The van der Waals surface area contributed by atoms with E-state index < -0.39 is 0 Å². The van der Waals surface area contributed by atoms with Crippen molar-refractivity contribution < 1.29 is 13.9 Å². The lowest BCUT2D eigenvalue weighted by Gasteiger charge is -2.16. The minimum atomic E-state index is -0.0624. The summed E-state index contributed by atoms with van der Waals surface area (Å²) in [6, 6.07) is 3.99. The second kappa shape index (κ2) is 9.14. The van der Waals surface area contributed by atoms with E-state index in [4.69, 9.17) is 13.9 Å². The molecule has 0 aliphatic heterocycles. The first-order valence-corrected chi connectivity index (χ1v) is 6.75. The minimum Gasteiger partial charge on any atom is -0.465 e. The van der Waals surface area contributed by atoms with E-state index in [0.717, 1.165) is 37.5 Å². The maximum Gasteiger partial charge on any atom is 0.157 e. The molecule has 0 bridgehead atoms. The van der Waals surface area contributed by atoms with Crippen LogP contribution >= 0.6 is 0 Å². The number of ether oxygens (including phenoxy) is 2. The van der Waals surface area contributed by atoms with Crippen LogP contribution in [0, 0.1) is 6.92 Å². The predicted octanol–water partition coefficient (Wildman–Crippen LogP) is 2.86. The Hall–Kier alpha value is -0.840. The third kappa shape index (κ3) is 6.19. The summed E-state index contributed by atoms with van der Waals surface area (Å²) in [7, 11) is 0. The van der Waals surface area contributed by atoms with Gasteiger partial charge in [0.15, 0.2) is 6.29 Å². The first-order chi connectivity index (χ1) is 8.76. The molecule has 0 radical (unpaired) electrons. The lowest BCUT2D eigenvalue weighted by Crippen LogP contribution is -2.21. The van der Waals surface area contributed by atoms with Crippen LogP contribution in [0.15, 0.2) is 16.5 Å². The summed E-state index contributed by atoms with van der Waals surface area (Å²) in [5.74, 6) is 1.94. The fourth-order valence-electron chi connectivity index (χ4n) is 1.77. The van der Waals surface area contributed by atoms with Crippen molar-refractivity contribution in [3.8, 4) is 0 Å². The van der Waals surface area contributed by atoms with Crippen molar-refractivity contribution in [2.75, 3.05) is 19.8 Å². The molecule has 4 nitrogen and oxygen atoms in total. The number of rotatable bonds is 10. The first kappa shape index (κ1) is 15.2. The van der Waals surface area contributed by atoms with Crippen molar-refractivity contribution >= 4 is 0 Å². The Morgan fingerprint density at radius 2 is 1.94 bits per heavy atom. The second-order valence-corrected chi connectivity index (χ2v) is 4.17. The summed E-state index contributed by atoms with van der Waals surface area (Å²) in [5.41, 5.74) is 0. The molecule has 0 saturated heterocycles. The number of nitrogens with one attached hydrogen (secondary N) is 1. The normalized spacial score (nSPS) is 11.3. The van der Waals surface area contributed by atoms with Crippen molar-refractivity contribution in [1.29, 1.82) is 0 Å². The quantitative estimate of drug-likeness (QED) is 0.516. The van der Waals surface area contributed by atoms with Crippen LogP contribution in [0.1, 0.15) is 38.2 Å². The molecule has 4 heteroatoms. The van der Waals surface area contributed by atoms with Crippen molar-refractivity contribution in [2.24, 2.45) is 0 Å². The van der Waals surface area contributed by atoms with Gasteiger partial charge in [0.2, 0.25) is 0 Å². The highest BCUT2D eigenvalue weighted by Gasteiger charge is 2.06. The number of hydrogen-bond donors (Lipinski definition) is 1. The fourth-order valence-corrected chi connectivity index (χ4v) is 1.77. The van der Waals surface area contributed by atoms with Crippen LogP contribution in [-0.4, -0.2) is 26.0 Å². The molecular formula is C14H25NO3. The molecule has 0 aliphatic carbocycles. The Bertz CT molecular complexity index is 306. The maximum atomic E-state index is 5.48. The minimum absolute atomic E-state index is 0.0624. The highest BCUT2D eigenvalue weighted by atomic mass is 16.7. The van der Waals surface area contributed by atoms with Gasteiger partial charge in [0.25, 0.3) is 0 Å². The molecule has 0 atom stereocenters. The van der Waals surface area contributed by atoms with Gasteiger partial charge < -0.3 is 19.2 Å². The molecule has 1 aromatic heterocycles. The predicted molar refractivity (Wildman–Crippen MR) is 71.4 cm³/mol. The van der Waals surface area contributed by atoms with Gasteiger partial charge in [-0.3, -0.25) is 0 Å². The van der Waals surface area contributed by atoms with Crippen LogP contribution in [0.2, 0.25) is 0 Å². The van der Waals surface area contributed by atoms with E-state index in [2.05, 4.69) is 5.32 Å². The van der Waals surface area contributed by atoms with Gasteiger partial charge in [0.05, 0.1) is 6.54 Å². The highest BCUT2D eigenvalue weighted by Crippen LogP contribution is 2.06. The maximum absolute atomic E-state index is 5.48. The van der Waals surface area contributed by atoms with Crippen LogP contribution in [0.5, 0.6) is 0 Å². The molecule has 0 spiro atoms. The lowest BCUT2D eigenvalue weighted by molar-refractivity contribution is -0.139. The van der Waals surface area contributed by atoms with Crippen LogP contribution in [0.25, 0.3) is 0 Å². The Kier molecular flexibility index (Phi) is 7.73. The molecule has 0 saturated carbocycles. The van der Waals surface area contributed by atoms with Crippen molar-refractivity contribution in [3.05, 3.63) is 23.7 Å². The van der Waals surface area contributed by atoms with Gasteiger partial charge in [0.1, 0.15) is 11.5 Å². The Labute approximate surface area is 110 Å². The average Bonchev–Trinajstić information content (AvgIpc) is 2.75. The molecule has 0 aromatic carbocycles. The summed E-state index contributed by atoms with van der Waals surface area (Å²) < 4.78 is 16.4. The van der Waals surface area contributed by atoms with E-state index >= 15 is 0 Å². The monoisotopic (exact) mass is 255 g/mol. The van der Waals surface area contributed by atoms with E-state index in [-0.39, 0.29) is 6.29 Å². The first-order valence-electron chi connectivity index (χ1n) is 6.75. The fraction of sp³-hybridized carbons (Fsp3) is 0.714. The number of furan rings is 1. The van der Waals surface area contributed by atoms with E-state index in [1.807, 2.05) is 32.9 Å². The van der Waals surface area contributed by atoms with Crippen LogP contribution in [0.4, 0.5) is 0 Å². The molecule has 0 fully saturated rings. The van der Waals surface area contributed by atoms with Crippen LogP contribution in [0.3, 0.4) is 0 Å². The Morgan fingerprint density at radius 1 is 1.22 bits per heavy atom. The van der Waals surface area contributed by atoms with Gasteiger partial charge in [-0.2, -0.15) is 0 Å². The molecule has 0 aliphatic rings. The highest BCUT2D eigenvalue weighted by molar-refractivity contribution is 5.04. The van der Waals surface area contributed by atoms with Crippen molar-refractivity contribution in [2.45, 2.75) is 46.4 Å². The third-order valence-corrected chi connectivity index (χ3v) is 2.59. The summed E-state index contributed by atoms with van der Waals surface area (Å²) in [4.78, 5) is 0. The van der Waals surface area contributed by atoms with Gasteiger partial charge in [-0.1, -0.05) is 0 Å². The largest absolute Gasteiger partial charge is 0.465 e. The molecule has 1 heterocycles. The lowest BCUT2D eigenvalue weighted by atomic mass is 10.3. The summed E-state index contributed by atoms with van der Waals surface area (Å²) in [6.45, 7) is 9.05. The van der Waals surface area contributed by atoms with Crippen molar-refractivity contribution in [1.82, 2.24) is 5.32 Å².